The van der Waals surface area contributed by atoms with E-state index < -0.39 is 17.4 Å². The summed E-state index contributed by atoms with van der Waals surface area (Å²) in [7, 11) is 0. The number of anilines is 2. The lowest BCUT2D eigenvalue weighted by Gasteiger charge is -2.20. The summed E-state index contributed by atoms with van der Waals surface area (Å²) >= 11 is 0. The lowest BCUT2D eigenvalue weighted by molar-refractivity contribution is 0.635. The van der Waals surface area contributed by atoms with Crippen LogP contribution in [-0.4, -0.2) is 24.5 Å². The molecule has 5 rings (SSSR count). The van der Waals surface area contributed by atoms with Crippen LogP contribution in [0.4, 0.5) is 16.0 Å². The molecule has 0 fully saturated rings. The lowest BCUT2D eigenvalue weighted by Crippen LogP contribution is -2.28. The molecule has 0 saturated heterocycles. The molecule has 1 atom stereocenters. The zero-order valence-electron chi connectivity index (χ0n) is 19.2. The number of pyridine rings is 1. The fourth-order valence-electron chi connectivity index (χ4n) is 3.79. The summed E-state index contributed by atoms with van der Waals surface area (Å²) in [5, 5.41) is 3.15. The Morgan fingerprint density at radius 3 is 2.64 bits per heavy atom. The van der Waals surface area contributed by atoms with Gasteiger partial charge < -0.3 is 11.1 Å². The van der Waals surface area contributed by atoms with Gasteiger partial charge in [0.15, 0.2) is 0 Å². The van der Waals surface area contributed by atoms with Crippen molar-refractivity contribution in [1.29, 1.82) is 0 Å². The van der Waals surface area contributed by atoms with Crippen molar-refractivity contribution in [2.45, 2.75) is 13.0 Å². The van der Waals surface area contributed by atoms with Gasteiger partial charge in [-0.2, -0.15) is 0 Å². The highest BCUT2D eigenvalue weighted by molar-refractivity contribution is 5.78. The van der Waals surface area contributed by atoms with E-state index in [0.717, 1.165) is 5.56 Å². The number of nitrogen functional groups attached to an aromatic ring is 1. The molecule has 0 radical (unpaired) electrons. The lowest BCUT2D eigenvalue weighted by atomic mass is 10.2. The van der Waals surface area contributed by atoms with Gasteiger partial charge >= 0.3 is 0 Å². The van der Waals surface area contributed by atoms with E-state index in [-0.39, 0.29) is 16.7 Å². The number of nitrogens with two attached hydrogens (primary N) is 1. The average Bonchev–Trinajstić information content (AvgIpc) is 2.89. The van der Waals surface area contributed by atoms with Crippen molar-refractivity contribution >= 4 is 22.5 Å². The second kappa shape index (κ2) is 9.64. The van der Waals surface area contributed by atoms with Crippen LogP contribution in [0, 0.1) is 17.7 Å². The van der Waals surface area contributed by atoms with Crippen molar-refractivity contribution in [1.82, 2.24) is 24.5 Å². The summed E-state index contributed by atoms with van der Waals surface area (Å²) < 4.78 is 16.0. The number of rotatable bonds is 4. The maximum atomic E-state index is 14.6. The summed E-state index contributed by atoms with van der Waals surface area (Å²) in [6.07, 6.45) is 4.44. The van der Waals surface area contributed by atoms with Crippen LogP contribution in [0.3, 0.4) is 0 Å². The van der Waals surface area contributed by atoms with E-state index in [1.807, 2.05) is 37.3 Å². The van der Waals surface area contributed by atoms with Crippen molar-refractivity contribution in [2.75, 3.05) is 11.1 Å². The molecule has 176 valence electrons. The Bertz CT molecular complexity index is 1680. The van der Waals surface area contributed by atoms with Gasteiger partial charge in [0.05, 0.1) is 23.4 Å². The topological polar surface area (TPSA) is 112 Å². The van der Waals surface area contributed by atoms with Crippen molar-refractivity contribution in [2.24, 2.45) is 0 Å². The Kier molecular flexibility index (Phi) is 6.07. The van der Waals surface area contributed by atoms with Crippen molar-refractivity contribution < 1.29 is 4.39 Å². The molecule has 3 aromatic heterocycles. The first-order chi connectivity index (χ1) is 17.5. The molecule has 8 nitrogen and oxygen atoms in total. The first-order valence-corrected chi connectivity index (χ1v) is 11.1. The Labute approximate surface area is 205 Å². The van der Waals surface area contributed by atoms with Crippen LogP contribution in [-0.2, 0) is 0 Å². The predicted molar refractivity (Wildman–Crippen MR) is 136 cm³/mol. The maximum Gasteiger partial charge on any atom is 0.269 e. The van der Waals surface area contributed by atoms with Gasteiger partial charge in [0.1, 0.15) is 40.6 Å². The number of halogens is 1. The molecule has 0 aliphatic carbocycles. The molecule has 36 heavy (non-hydrogen) atoms. The summed E-state index contributed by atoms with van der Waals surface area (Å²) in [6, 6.07) is 16.6. The van der Waals surface area contributed by atoms with Crippen LogP contribution in [0.2, 0.25) is 0 Å². The van der Waals surface area contributed by atoms with Crippen LogP contribution in [0.1, 0.15) is 29.9 Å². The van der Waals surface area contributed by atoms with E-state index in [4.69, 9.17) is 5.73 Å². The van der Waals surface area contributed by atoms with Crippen LogP contribution in [0.5, 0.6) is 0 Å². The van der Waals surface area contributed by atoms with E-state index in [0.29, 0.717) is 22.9 Å². The SMILES string of the molecule is CC(Nc1ncnc(N)c1C#Cc1ccccc1)c1nc2cccc(F)c2c(=O)n1-c1cccnc1. The monoisotopic (exact) mass is 477 g/mol. The predicted octanol–water partition coefficient (Wildman–Crippen LogP) is 3.86. The highest BCUT2D eigenvalue weighted by Gasteiger charge is 2.21. The fraction of sp³-hybridized carbons (Fsp3) is 0.0741. The molecule has 0 amide bonds. The fourth-order valence-corrected chi connectivity index (χ4v) is 3.79. The molecule has 5 aromatic rings. The quantitative estimate of drug-likeness (QED) is 0.378. The summed E-state index contributed by atoms with van der Waals surface area (Å²) in [5.41, 5.74) is 7.50. The molecule has 0 bridgehead atoms. The zero-order valence-corrected chi connectivity index (χ0v) is 19.2. The van der Waals surface area contributed by atoms with Gasteiger partial charge in [-0.3, -0.25) is 14.3 Å². The second-order valence-corrected chi connectivity index (χ2v) is 7.92. The largest absolute Gasteiger partial charge is 0.382 e. The molecule has 3 heterocycles. The number of fused-ring (bicyclic) bond motifs is 1. The Hall–Kier alpha value is -5.10. The summed E-state index contributed by atoms with van der Waals surface area (Å²) in [4.78, 5) is 30.6. The number of hydrogen-bond donors (Lipinski definition) is 2. The smallest absolute Gasteiger partial charge is 0.269 e. The van der Waals surface area contributed by atoms with Gasteiger partial charge in [0.2, 0.25) is 0 Å². The van der Waals surface area contributed by atoms with Gasteiger partial charge in [-0.15, -0.1) is 0 Å². The van der Waals surface area contributed by atoms with E-state index in [9.17, 15) is 9.18 Å². The van der Waals surface area contributed by atoms with Crippen LogP contribution < -0.4 is 16.6 Å². The summed E-state index contributed by atoms with van der Waals surface area (Å²) in [6.45, 7) is 1.81. The highest BCUT2D eigenvalue weighted by atomic mass is 19.1. The van der Waals surface area contributed by atoms with E-state index in [1.165, 1.54) is 29.2 Å². The molecule has 1 unspecified atom stereocenters. The normalized spacial score (nSPS) is 11.5. The van der Waals surface area contributed by atoms with Crippen LogP contribution in [0.25, 0.3) is 16.6 Å². The average molecular weight is 478 g/mol. The molecule has 0 aliphatic heterocycles. The van der Waals surface area contributed by atoms with Crippen molar-refractivity contribution in [3.8, 4) is 17.5 Å². The number of hydrogen-bond acceptors (Lipinski definition) is 7. The van der Waals surface area contributed by atoms with E-state index >= 15 is 0 Å². The molecular formula is C27H20FN7O. The third-order valence-electron chi connectivity index (χ3n) is 5.50. The number of aromatic nitrogens is 5. The minimum absolute atomic E-state index is 0.0991. The first-order valence-electron chi connectivity index (χ1n) is 11.1. The molecule has 9 heteroatoms. The third-order valence-corrected chi connectivity index (χ3v) is 5.50. The van der Waals surface area contributed by atoms with Crippen LogP contribution >= 0.6 is 0 Å². The summed E-state index contributed by atoms with van der Waals surface area (Å²) in [5.74, 6) is 6.38. The van der Waals surface area contributed by atoms with Gasteiger partial charge in [-0.1, -0.05) is 36.1 Å². The van der Waals surface area contributed by atoms with E-state index in [2.05, 4.69) is 37.1 Å². The van der Waals surface area contributed by atoms with Crippen molar-refractivity contribution in [3.63, 3.8) is 0 Å². The Morgan fingerprint density at radius 1 is 1.03 bits per heavy atom. The Morgan fingerprint density at radius 2 is 1.86 bits per heavy atom. The van der Waals surface area contributed by atoms with Gasteiger partial charge in [-0.05, 0) is 43.3 Å². The van der Waals surface area contributed by atoms with Gasteiger partial charge in [0, 0.05) is 11.8 Å². The molecule has 0 aliphatic rings. The molecule has 3 N–H and O–H groups in total. The minimum atomic E-state index is -0.642. The number of benzene rings is 2. The van der Waals surface area contributed by atoms with Crippen LogP contribution in [0.15, 0.2) is 84.2 Å². The van der Waals surface area contributed by atoms with Gasteiger partial charge in [0.25, 0.3) is 5.56 Å². The minimum Gasteiger partial charge on any atom is -0.382 e. The molecule has 0 saturated carbocycles. The highest BCUT2D eigenvalue weighted by Crippen LogP contribution is 2.24. The first kappa shape index (κ1) is 22.7. The zero-order chi connectivity index (χ0) is 25.1. The number of nitrogens with one attached hydrogen (secondary N) is 1. The van der Waals surface area contributed by atoms with E-state index in [1.54, 1.807) is 24.4 Å². The standard InChI is InChI=1S/C27H20FN7O/c1-17(33-25-20(24(29)31-16-32-25)13-12-18-7-3-2-4-8-18)26-34-22-11-5-10-21(28)23(22)27(36)35(26)19-9-6-14-30-15-19/h2-11,14-17H,1H3,(H3,29,31,32,33). The third kappa shape index (κ3) is 4.35. The second-order valence-electron chi connectivity index (χ2n) is 7.92. The molecule has 0 spiro atoms. The Balaban J connectivity index is 1.62. The maximum absolute atomic E-state index is 14.6. The van der Waals surface area contributed by atoms with Gasteiger partial charge in [-0.25, -0.2) is 19.3 Å². The van der Waals surface area contributed by atoms with Crippen molar-refractivity contribution in [3.05, 3.63) is 113 Å². The molecule has 2 aromatic carbocycles. The number of nitrogens with zero attached hydrogens (tertiary/aromatic N) is 5. The molecular weight excluding hydrogens is 457 g/mol.